The van der Waals surface area contributed by atoms with E-state index in [2.05, 4.69) is 0 Å². The molecule has 0 aromatic rings. The molecule has 0 N–H and O–H groups in total. The molecule has 7 fully saturated rings. The largest absolute Gasteiger partial charge is 0.463 e. The zero-order chi connectivity index (χ0) is 34.8. The van der Waals surface area contributed by atoms with E-state index in [1.807, 2.05) is 6.92 Å². The lowest BCUT2D eigenvalue weighted by Gasteiger charge is -2.32. The Labute approximate surface area is 292 Å². The van der Waals surface area contributed by atoms with Crippen molar-refractivity contribution >= 4 is 17.9 Å². The highest BCUT2D eigenvalue weighted by molar-refractivity contribution is 5.75. The normalized spacial score (nSPS) is 39.8. The van der Waals surface area contributed by atoms with Crippen LogP contribution in [-0.2, 0) is 71.2 Å². The van der Waals surface area contributed by atoms with Gasteiger partial charge in [0.1, 0.15) is 50.3 Å². The van der Waals surface area contributed by atoms with E-state index in [-0.39, 0.29) is 156 Å². The van der Waals surface area contributed by atoms with Crippen LogP contribution in [0.2, 0.25) is 0 Å². The Hall–Kier alpha value is -1.95. The maximum absolute atomic E-state index is 12.8. The third-order valence-electron chi connectivity index (χ3n) is 11.5. The Morgan fingerprint density at radius 2 is 1.00 bits per heavy atom. The minimum atomic E-state index is -0.555. The second kappa shape index (κ2) is 16.0. The molecule has 282 valence electrons. The molecule has 15 nitrogen and oxygen atoms in total. The molecule has 5 saturated heterocycles. The number of methoxy groups -OCH3 is 2. The summed E-state index contributed by atoms with van der Waals surface area (Å²) in [5, 5.41) is 0. The fourth-order valence-electron chi connectivity index (χ4n) is 8.34. The Kier molecular flexibility index (Phi) is 11.6. The molecular weight excluding hydrogens is 660 g/mol. The smallest absolute Gasteiger partial charge is 0.311 e. The number of ether oxygens (including phenoxy) is 12. The summed E-state index contributed by atoms with van der Waals surface area (Å²) < 4.78 is 68.3. The fourth-order valence-corrected chi connectivity index (χ4v) is 8.34. The van der Waals surface area contributed by atoms with E-state index in [1.54, 1.807) is 14.2 Å². The van der Waals surface area contributed by atoms with Crippen molar-refractivity contribution in [3.63, 3.8) is 0 Å². The molecule has 13 unspecified atom stereocenters. The first-order chi connectivity index (χ1) is 24.4. The van der Waals surface area contributed by atoms with Crippen molar-refractivity contribution in [2.24, 2.45) is 23.2 Å². The van der Waals surface area contributed by atoms with Crippen molar-refractivity contribution in [2.45, 2.75) is 106 Å². The molecule has 0 aromatic carbocycles. The highest BCUT2D eigenvalue weighted by atomic mass is 16.7. The molecule has 5 aliphatic heterocycles. The van der Waals surface area contributed by atoms with Gasteiger partial charge in [-0.2, -0.15) is 0 Å². The van der Waals surface area contributed by atoms with Crippen LogP contribution < -0.4 is 0 Å². The van der Waals surface area contributed by atoms with Gasteiger partial charge in [-0.05, 0) is 38.5 Å². The SMILES string of the molecule is CCC(COCCOC(=O)C1CCC2OC2C1OC)(COCCOC(=O)C1CCC2OC2C1OC)COCCOC(=O)C1CC2OC1C1OC21. The van der Waals surface area contributed by atoms with Crippen molar-refractivity contribution in [3.8, 4) is 0 Å². The Balaban J connectivity index is 0.836. The van der Waals surface area contributed by atoms with Crippen LogP contribution in [0.5, 0.6) is 0 Å². The van der Waals surface area contributed by atoms with E-state index in [4.69, 9.17) is 56.8 Å². The van der Waals surface area contributed by atoms with Gasteiger partial charge in [-0.1, -0.05) is 6.92 Å². The minimum absolute atomic E-state index is 0.000254. The molecule has 7 aliphatic rings. The van der Waals surface area contributed by atoms with Gasteiger partial charge in [-0.15, -0.1) is 0 Å². The van der Waals surface area contributed by atoms with E-state index >= 15 is 0 Å². The lowest BCUT2D eigenvalue weighted by atomic mass is 9.86. The van der Waals surface area contributed by atoms with E-state index in [9.17, 15) is 14.4 Å². The van der Waals surface area contributed by atoms with Crippen LogP contribution in [0.25, 0.3) is 0 Å². The van der Waals surface area contributed by atoms with Crippen LogP contribution in [0.3, 0.4) is 0 Å². The highest BCUT2D eigenvalue weighted by Crippen LogP contribution is 2.51. The van der Waals surface area contributed by atoms with Crippen molar-refractivity contribution in [1.82, 2.24) is 0 Å². The highest BCUT2D eigenvalue weighted by Gasteiger charge is 2.67. The maximum Gasteiger partial charge on any atom is 0.311 e. The number of carbonyl (C=O) groups is 3. The minimum Gasteiger partial charge on any atom is -0.463 e. The Bertz CT molecular complexity index is 1140. The van der Waals surface area contributed by atoms with Gasteiger partial charge in [0.2, 0.25) is 0 Å². The van der Waals surface area contributed by atoms with E-state index in [1.165, 1.54) is 0 Å². The number of hydrogen-bond acceptors (Lipinski definition) is 15. The fraction of sp³-hybridized carbons (Fsp3) is 0.914. The molecule has 2 bridgehead atoms. The number of fused-ring (bicyclic) bond motifs is 7. The molecule has 0 spiro atoms. The zero-order valence-electron chi connectivity index (χ0n) is 29.2. The van der Waals surface area contributed by atoms with Gasteiger partial charge in [0.15, 0.2) is 0 Å². The second-order valence-corrected chi connectivity index (χ2v) is 14.6. The monoisotopic (exact) mass is 712 g/mol. The average Bonchev–Trinajstić information content (AvgIpc) is 4.07. The Morgan fingerprint density at radius 3 is 1.42 bits per heavy atom. The van der Waals surface area contributed by atoms with Crippen LogP contribution in [0.1, 0.15) is 45.4 Å². The molecule has 0 amide bonds. The number of rotatable bonds is 21. The molecule has 50 heavy (non-hydrogen) atoms. The topological polar surface area (TPSA) is 172 Å². The summed E-state index contributed by atoms with van der Waals surface area (Å²) in [5.41, 5.74) is -0.555. The molecule has 0 radical (unpaired) electrons. The molecule has 0 aromatic heterocycles. The zero-order valence-corrected chi connectivity index (χ0v) is 29.2. The van der Waals surface area contributed by atoms with Crippen LogP contribution in [0.15, 0.2) is 0 Å². The van der Waals surface area contributed by atoms with Gasteiger partial charge in [-0.3, -0.25) is 14.4 Å². The summed E-state index contributed by atoms with van der Waals surface area (Å²) in [6.07, 6.45) is 4.02. The number of epoxide rings is 3. The third kappa shape index (κ3) is 8.01. The van der Waals surface area contributed by atoms with Gasteiger partial charge in [0.05, 0.1) is 87.9 Å². The van der Waals surface area contributed by atoms with Gasteiger partial charge in [-0.25, -0.2) is 0 Å². The van der Waals surface area contributed by atoms with E-state index < -0.39 is 5.41 Å². The molecule has 2 aliphatic carbocycles. The van der Waals surface area contributed by atoms with Gasteiger partial charge >= 0.3 is 17.9 Å². The van der Waals surface area contributed by atoms with Crippen LogP contribution in [-0.4, -0.2) is 153 Å². The van der Waals surface area contributed by atoms with Crippen LogP contribution in [0, 0.1) is 23.2 Å². The van der Waals surface area contributed by atoms with Crippen LogP contribution >= 0.6 is 0 Å². The van der Waals surface area contributed by atoms with Gasteiger partial charge in [0.25, 0.3) is 0 Å². The number of esters is 3. The third-order valence-corrected chi connectivity index (χ3v) is 11.5. The van der Waals surface area contributed by atoms with Crippen molar-refractivity contribution in [2.75, 3.05) is 73.7 Å². The number of carbonyl (C=O) groups excluding carboxylic acids is 3. The molecule has 15 heteroatoms. The summed E-state index contributed by atoms with van der Waals surface area (Å²) in [5.74, 6) is -1.88. The number of hydrogen-bond donors (Lipinski definition) is 0. The quantitative estimate of drug-likeness (QED) is 0.0714. The van der Waals surface area contributed by atoms with E-state index in [0.29, 0.717) is 25.7 Å². The first kappa shape index (κ1) is 36.4. The molecule has 7 rings (SSSR count). The summed E-state index contributed by atoms with van der Waals surface area (Å²) >= 11 is 0. The maximum atomic E-state index is 12.8. The summed E-state index contributed by atoms with van der Waals surface area (Å²) in [6, 6.07) is 0. The van der Waals surface area contributed by atoms with Crippen molar-refractivity contribution in [1.29, 1.82) is 0 Å². The molecular formula is C35H52O15. The first-order valence-electron chi connectivity index (χ1n) is 18.3. The molecule has 2 saturated carbocycles. The lowest BCUT2D eigenvalue weighted by molar-refractivity contribution is -0.158. The standard InChI is InChI=1S/C35H52O15/c1-4-35(16-41-9-12-44-32(36)19-5-7-22-28(47-22)25(19)39-2,17-42-10-13-45-33(37)20-6-8-23-29(48-23)26(20)40-3)18-43-11-14-46-34(38)21-15-24-30-31(50-30)27(21)49-24/h19-31H,4-18H2,1-3H3. The predicted octanol–water partition coefficient (Wildman–Crippen LogP) is 1.00. The predicted molar refractivity (Wildman–Crippen MR) is 168 cm³/mol. The van der Waals surface area contributed by atoms with Crippen LogP contribution in [0.4, 0.5) is 0 Å². The van der Waals surface area contributed by atoms with Crippen molar-refractivity contribution < 1.29 is 71.2 Å². The lowest BCUT2D eigenvalue weighted by Crippen LogP contribution is -2.40. The Morgan fingerprint density at radius 1 is 0.540 bits per heavy atom. The molecule has 13 atom stereocenters. The summed E-state index contributed by atoms with van der Waals surface area (Å²) in [6.45, 7) is 3.74. The first-order valence-corrected chi connectivity index (χ1v) is 18.3. The van der Waals surface area contributed by atoms with Gasteiger partial charge in [0, 0.05) is 19.6 Å². The second-order valence-electron chi connectivity index (χ2n) is 14.6. The molecule has 5 heterocycles. The van der Waals surface area contributed by atoms with Crippen molar-refractivity contribution in [3.05, 3.63) is 0 Å². The summed E-state index contributed by atoms with van der Waals surface area (Å²) in [7, 11) is 3.19. The summed E-state index contributed by atoms with van der Waals surface area (Å²) in [4.78, 5) is 38.3. The average molecular weight is 713 g/mol. The van der Waals surface area contributed by atoms with E-state index in [0.717, 1.165) is 12.8 Å². The van der Waals surface area contributed by atoms with Gasteiger partial charge < -0.3 is 56.8 Å².